The summed E-state index contributed by atoms with van der Waals surface area (Å²) in [4.78, 5) is 2.17. The fraction of sp³-hybridized carbons (Fsp3) is 0.300. The number of aryl methyl sites for hydroxylation is 2. The summed E-state index contributed by atoms with van der Waals surface area (Å²) in [6.45, 7) is 5.59. The Kier molecular flexibility index (Phi) is 5.54. The Hall–Kier alpha value is -2.44. The Balaban J connectivity index is 1.76. The maximum absolute atomic E-state index is 5.64. The maximum Gasteiger partial charge on any atom is 0.203 e. The van der Waals surface area contributed by atoms with Gasteiger partial charge in [0.2, 0.25) is 4.77 Å². The first kappa shape index (κ1) is 18.4. The van der Waals surface area contributed by atoms with Crippen molar-refractivity contribution in [1.29, 1.82) is 0 Å². The quantitative estimate of drug-likeness (QED) is 0.613. The van der Waals surface area contributed by atoms with Gasteiger partial charge in [-0.3, -0.25) is 9.47 Å². The molecule has 26 heavy (non-hydrogen) atoms. The molecule has 0 atom stereocenters. The van der Waals surface area contributed by atoms with Crippen molar-refractivity contribution in [2.75, 3.05) is 14.2 Å². The summed E-state index contributed by atoms with van der Waals surface area (Å²) in [5.41, 5.74) is 4.68. The van der Waals surface area contributed by atoms with Gasteiger partial charge in [-0.2, -0.15) is 5.10 Å². The zero-order valence-corrected chi connectivity index (χ0v) is 16.5. The highest BCUT2D eigenvalue weighted by molar-refractivity contribution is 7.71. The highest BCUT2D eigenvalue weighted by Crippen LogP contribution is 2.17. The van der Waals surface area contributed by atoms with Crippen molar-refractivity contribution in [2.45, 2.75) is 27.1 Å². The van der Waals surface area contributed by atoms with E-state index in [0.717, 1.165) is 18.0 Å². The Morgan fingerprint density at radius 1 is 1.15 bits per heavy atom. The first-order valence-corrected chi connectivity index (χ1v) is 8.92. The smallest absolute Gasteiger partial charge is 0.203 e. The van der Waals surface area contributed by atoms with Crippen LogP contribution in [0.2, 0.25) is 0 Å². The highest BCUT2D eigenvalue weighted by atomic mass is 32.1. The molecule has 0 fully saturated rings. The van der Waals surface area contributed by atoms with E-state index in [1.54, 1.807) is 13.4 Å². The third-order valence-corrected chi connectivity index (χ3v) is 4.71. The number of rotatable bonds is 6. The molecule has 1 heterocycles. The molecular weight excluding hydrogens is 344 g/mol. The zero-order valence-electron chi connectivity index (χ0n) is 15.6. The van der Waals surface area contributed by atoms with E-state index < -0.39 is 0 Å². The number of hydrogen-bond acceptors (Lipinski definition) is 4. The summed E-state index contributed by atoms with van der Waals surface area (Å²) in [5, 5.41) is 4.48. The summed E-state index contributed by atoms with van der Waals surface area (Å²) >= 11 is 5.64. The van der Waals surface area contributed by atoms with Crippen LogP contribution in [0.5, 0.6) is 5.75 Å². The number of hydrogen-bond donors (Lipinski definition) is 0. The minimum atomic E-state index is 0.619. The van der Waals surface area contributed by atoms with E-state index in [1.807, 2.05) is 27.4 Å². The molecular formula is C20H24N4OS. The van der Waals surface area contributed by atoms with Crippen molar-refractivity contribution >= 4 is 12.2 Å². The lowest BCUT2D eigenvalue weighted by molar-refractivity contribution is 0.244. The molecule has 2 aromatic carbocycles. The number of nitrogens with zero attached hydrogens (tertiary/aromatic N) is 4. The Morgan fingerprint density at radius 2 is 1.96 bits per heavy atom. The molecule has 5 nitrogen and oxygen atoms in total. The Labute approximate surface area is 159 Å². The lowest BCUT2D eigenvalue weighted by Crippen LogP contribution is -2.22. The topological polar surface area (TPSA) is 35.2 Å². The van der Waals surface area contributed by atoms with Crippen LogP contribution in [0.4, 0.5) is 0 Å². The summed E-state index contributed by atoms with van der Waals surface area (Å²) in [6, 6.07) is 14.4. The van der Waals surface area contributed by atoms with Gasteiger partial charge in [-0.15, -0.1) is 0 Å². The second kappa shape index (κ2) is 7.85. The van der Waals surface area contributed by atoms with E-state index in [1.165, 1.54) is 16.7 Å². The van der Waals surface area contributed by atoms with Gasteiger partial charge in [0, 0.05) is 6.54 Å². The molecule has 0 amide bonds. The fourth-order valence-electron chi connectivity index (χ4n) is 3.04. The van der Waals surface area contributed by atoms with Gasteiger partial charge in [-0.25, -0.2) is 4.68 Å². The number of aromatic nitrogens is 3. The fourth-order valence-corrected chi connectivity index (χ4v) is 3.29. The van der Waals surface area contributed by atoms with Gasteiger partial charge in [0.15, 0.2) is 0 Å². The molecule has 0 aliphatic carbocycles. The van der Waals surface area contributed by atoms with Gasteiger partial charge in [0.05, 0.1) is 19.5 Å². The van der Waals surface area contributed by atoms with Crippen LogP contribution < -0.4 is 4.74 Å². The summed E-state index contributed by atoms with van der Waals surface area (Å²) in [7, 11) is 3.74. The molecule has 6 heteroatoms. The number of benzene rings is 2. The molecule has 0 N–H and O–H groups in total. The van der Waals surface area contributed by atoms with Gasteiger partial charge in [-0.1, -0.05) is 29.8 Å². The standard InChI is InChI=1S/C20H24N4OS/c1-15-8-9-19(16(2)10-15)23-13-21-24(20(23)26)14-22(3)12-17-6-5-7-18(11-17)25-4/h5-11,13H,12,14H2,1-4H3. The second-order valence-electron chi connectivity index (χ2n) is 6.58. The van der Waals surface area contributed by atoms with E-state index in [0.29, 0.717) is 11.4 Å². The zero-order chi connectivity index (χ0) is 18.7. The summed E-state index contributed by atoms with van der Waals surface area (Å²) in [5.74, 6) is 0.867. The van der Waals surface area contributed by atoms with Gasteiger partial charge in [0.1, 0.15) is 12.1 Å². The van der Waals surface area contributed by atoms with Crippen molar-refractivity contribution in [2.24, 2.45) is 0 Å². The molecule has 3 rings (SSSR count). The average molecular weight is 369 g/mol. The monoisotopic (exact) mass is 368 g/mol. The molecule has 0 saturated heterocycles. The predicted molar refractivity (Wildman–Crippen MR) is 106 cm³/mol. The van der Waals surface area contributed by atoms with E-state index >= 15 is 0 Å². The van der Waals surface area contributed by atoms with Gasteiger partial charge in [-0.05, 0) is 62.4 Å². The van der Waals surface area contributed by atoms with E-state index in [4.69, 9.17) is 17.0 Å². The summed E-state index contributed by atoms with van der Waals surface area (Å²) in [6.07, 6.45) is 1.79. The first-order chi connectivity index (χ1) is 12.5. The number of methoxy groups -OCH3 is 1. The molecule has 0 radical (unpaired) electrons. The molecule has 136 valence electrons. The van der Waals surface area contributed by atoms with Crippen LogP contribution in [0.1, 0.15) is 16.7 Å². The largest absolute Gasteiger partial charge is 0.497 e. The van der Waals surface area contributed by atoms with E-state index in [-0.39, 0.29) is 0 Å². The molecule has 3 aromatic rings. The normalized spacial score (nSPS) is 11.1. The molecule has 0 bridgehead atoms. The van der Waals surface area contributed by atoms with Gasteiger partial charge >= 0.3 is 0 Å². The lowest BCUT2D eigenvalue weighted by Gasteiger charge is -2.17. The van der Waals surface area contributed by atoms with Crippen LogP contribution in [-0.2, 0) is 13.2 Å². The van der Waals surface area contributed by atoms with Crippen molar-refractivity contribution in [3.8, 4) is 11.4 Å². The predicted octanol–water partition coefficient (Wildman–Crippen LogP) is 4.12. The third-order valence-electron chi connectivity index (χ3n) is 4.31. The molecule has 1 aromatic heterocycles. The van der Waals surface area contributed by atoms with Crippen LogP contribution in [0.25, 0.3) is 5.69 Å². The van der Waals surface area contributed by atoms with E-state index in [9.17, 15) is 0 Å². The molecule has 0 spiro atoms. The SMILES string of the molecule is COc1cccc(CN(C)Cn2ncn(-c3ccc(C)cc3C)c2=S)c1. The van der Waals surface area contributed by atoms with Crippen LogP contribution >= 0.6 is 12.2 Å². The molecule has 0 aliphatic rings. The Bertz CT molecular complexity index is 960. The van der Waals surface area contributed by atoms with Crippen LogP contribution in [0.15, 0.2) is 48.8 Å². The summed E-state index contributed by atoms with van der Waals surface area (Å²) < 4.78 is 9.78. The highest BCUT2D eigenvalue weighted by Gasteiger charge is 2.09. The van der Waals surface area contributed by atoms with Gasteiger partial charge < -0.3 is 4.74 Å². The van der Waals surface area contributed by atoms with Crippen molar-refractivity contribution < 1.29 is 4.74 Å². The van der Waals surface area contributed by atoms with Crippen molar-refractivity contribution in [3.05, 3.63) is 70.3 Å². The van der Waals surface area contributed by atoms with E-state index in [2.05, 4.69) is 55.2 Å². The minimum Gasteiger partial charge on any atom is -0.497 e. The van der Waals surface area contributed by atoms with Crippen molar-refractivity contribution in [3.63, 3.8) is 0 Å². The average Bonchev–Trinajstić information content (AvgIpc) is 2.95. The third kappa shape index (κ3) is 4.03. The van der Waals surface area contributed by atoms with Crippen molar-refractivity contribution in [1.82, 2.24) is 19.2 Å². The van der Waals surface area contributed by atoms with Crippen LogP contribution in [0.3, 0.4) is 0 Å². The first-order valence-electron chi connectivity index (χ1n) is 8.51. The van der Waals surface area contributed by atoms with Crippen LogP contribution in [0, 0.1) is 18.6 Å². The minimum absolute atomic E-state index is 0.619. The molecule has 0 unspecified atom stereocenters. The maximum atomic E-state index is 5.64. The lowest BCUT2D eigenvalue weighted by atomic mass is 10.1. The number of ether oxygens (including phenoxy) is 1. The second-order valence-corrected chi connectivity index (χ2v) is 6.95. The van der Waals surface area contributed by atoms with Crippen LogP contribution in [-0.4, -0.2) is 33.4 Å². The molecule has 0 aliphatic heterocycles. The Morgan fingerprint density at radius 3 is 2.69 bits per heavy atom. The molecule has 0 saturated carbocycles. The van der Waals surface area contributed by atoms with Gasteiger partial charge in [0.25, 0.3) is 0 Å².